The van der Waals surface area contributed by atoms with Gasteiger partial charge in [-0.05, 0) is 76.8 Å². The van der Waals surface area contributed by atoms with Gasteiger partial charge in [0.05, 0.1) is 24.1 Å². The highest BCUT2D eigenvalue weighted by molar-refractivity contribution is 5.95. The fraction of sp³-hybridized carbons (Fsp3) is 0.375. The highest BCUT2D eigenvalue weighted by Crippen LogP contribution is 2.36. The molecule has 0 bridgehead atoms. The summed E-state index contributed by atoms with van der Waals surface area (Å²) in [7, 11) is 1.30. The lowest BCUT2D eigenvalue weighted by Gasteiger charge is -2.23. The number of aromatic nitrogens is 1. The summed E-state index contributed by atoms with van der Waals surface area (Å²) in [6, 6.07) is 14.0. The summed E-state index contributed by atoms with van der Waals surface area (Å²) in [5.41, 5.74) is 5.03. The summed E-state index contributed by atoms with van der Waals surface area (Å²) in [6.07, 6.45) is -0.605. The third-order valence-electron chi connectivity index (χ3n) is 6.03. The number of pyridine rings is 1. The number of alkyl carbamates (subject to hydrolysis) is 1. The Morgan fingerprint density at radius 1 is 0.927 bits per heavy atom. The SMILES string of the molecule is COC(=O)c1ccc(OC(=O)Nc2c(C)nc(CC(C)C)c(CNC(=O)OC(C)(C)C)c2-c2ccc(C)cc2)cc1. The molecular formula is C32H39N3O6. The fourth-order valence-corrected chi connectivity index (χ4v) is 4.23. The zero-order valence-electron chi connectivity index (χ0n) is 25.0. The Morgan fingerprint density at radius 3 is 2.12 bits per heavy atom. The number of benzene rings is 2. The van der Waals surface area contributed by atoms with Crippen molar-refractivity contribution in [3.63, 3.8) is 0 Å². The summed E-state index contributed by atoms with van der Waals surface area (Å²) in [4.78, 5) is 42.3. The van der Waals surface area contributed by atoms with Gasteiger partial charge in [0, 0.05) is 23.4 Å². The number of esters is 1. The molecule has 2 amide bonds. The van der Waals surface area contributed by atoms with Crippen LogP contribution in [0, 0.1) is 19.8 Å². The van der Waals surface area contributed by atoms with Crippen LogP contribution in [0.1, 0.15) is 67.5 Å². The Morgan fingerprint density at radius 2 is 1.56 bits per heavy atom. The van der Waals surface area contributed by atoms with E-state index in [0.717, 1.165) is 27.9 Å². The number of nitrogens with one attached hydrogen (secondary N) is 2. The predicted molar refractivity (Wildman–Crippen MR) is 158 cm³/mol. The van der Waals surface area contributed by atoms with E-state index < -0.39 is 23.8 Å². The number of aryl methyl sites for hydroxylation is 2. The zero-order valence-corrected chi connectivity index (χ0v) is 25.0. The second kappa shape index (κ2) is 13.3. The number of anilines is 1. The number of ether oxygens (including phenoxy) is 3. The molecule has 41 heavy (non-hydrogen) atoms. The van der Waals surface area contributed by atoms with E-state index >= 15 is 0 Å². The van der Waals surface area contributed by atoms with Crippen LogP contribution in [-0.4, -0.2) is 35.9 Å². The molecule has 3 rings (SSSR count). The van der Waals surface area contributed by atoms with Gasteiger partial charge in [-0.25, -0.2) is 14.4 Å². The number of carbonyl (C=O) groups excluding carboxylic acids is 3. The van der Waals surface area contributed by atoms with Crippen LogP contribution < -0.4 is 15.4 Å². The average molecular weight is 562 g/mol. The molecule has 1 aromatic heterocycles. The lowest BCUT2D eigenvalue weighted by atomic mass is 9.92. The van der Waals surface area contributed by atoms with Gasteiger partial charge >= 0.3 is 18.2 Å². The first-order valence-corrected chi connectivity index (χ1v) is 13.5. The van der Waals surface area contributed by atoms with Gasteiger partial charge in [-0.1, -0.05) is 43.7 Å². The first-order valence-electron chi connectivity index (χ1n) is 13.5. The van der Waals surface area contributed by atoms with Crippen molar-refractivity contribution in [2.24, 2.45) is 5.92 Å². The van der Waals surface area contributed by atoms with Crippen LogP contribution in [0.3, 0.4) is 0 Å². The van der Waals surface area contributed by atoms with Gasteiger partial charge in [-0.2, -0.15) is 0 Å². The number of carbonyl (C=O) groups is 3. The number of hydrogen-bond acceptors (Lipinski definition) is 7. The van der Waals surface area contributed by atoms with Crippen molar-refractivity contribution in [1.82, 2.24) is 10.3 Å². The van der Waals surface area contributed by atoms with Crippen molar-refractivity contribution in [3.8, 4) is 16.9 Å². The quantitative estimate of drug-likeness (QED) is 0.285. The largest absolute Gasteiger partial charge is 0.465 e. The Hall–Kier alpha value is -4.40. The molecule has 3 aromatic rings. The molecule has 0 saturated heterocycles. The van der Waals surface area contributed by atoms with Crippen LogP contribution >= 0.6 is 0 Å². The first-order chi connectivity index (χ1) is 19.3. The molecule has 2 aromatic carbocycles. The van der Waals surface area contributed by atoms with Crippen molar-refractivity contribution >= 4 is 23.8 Å². The number of amides is 2. The third-order valence-corrected chi connectivity index (χ3v) is 6.03. The normalized spacial score (nSPS) is 11.1. The number of hydrogen-bond donors (Lipinski definition) is 2. The van der Waals surface area contributed by atoms with Gasteiger partial charge in [-0.3, -0.25) is 10.3 Å². The molecule has 0 radical (unpaired) electrons. The van der Waals surface area contributed by atoms with Gasteiger partial charge in [0.25, 0.3) is 0 Å². The molecular weight excluding hydrogens is 522 g/mol. The molecule has 9 nitrogen and oxygen atoms in total. The van der Waals surface area contributed by atoms with Gasteiger partial charge in [0.2, 0.25) is 0 Å². The minimum atomic E-state index is -0.725. The molecule has 0 fully saturated rings. The molecule has 1 heterocycles. The average Bonchev–Trinajstić information content (AvgIpc) is 2.88. The van der Waals surface area contributed by atoms with Crippen molar-refractivity contribution in [2.45, 2.75) is 67.0 Å². The Kier molecular flexibility index (Phi) is 10.1. The molecule has 0 saturated carbocycles. The standard InChI is InChI=1S/C32H39N3O6/c1-19(2)17-26-25(18-33-30(37)41-32(5,6)7)27(22-11-9-20(3)10-12-22)28(21(4)34-26)35-31(38)40-24-15-13-23(14-16-24)29(36)39-8/h9-16,19H,17-18H2,1-8H3,(H,33,37)(H,35,38). The first kappa shape index (κ1) is 31.1. The molecule has 0 aliphatic carbocycles. The van der Waals surface area contributed by atoms with E-state index in [9.17, 15) is 14.4 Å². The number of nitrogens with zero attached hydrogens (tertiary/aromatic N) is 1. The lowest BCUT2D eigenvalue weighted by molar-refractivity contribution is 0.0522. The summed E-state index contributed by atoms with van der Waals surface area (Å²) in [5, 5.41) is 5.74. The van der Waals surface area contributed by atoms with E-state index in [-0.39, 0.29) is 12.3 Å². The van der Waals surface area contributed by atoms with Crippen LogP contribution in [-0.2, 0) is 22.4 Å². The molecule has 9 heteroatoms. The minimum absolute atomic E-state index is 0.145. The Bertz CT molecular complexity index is 1390. The van der Waals surface area contributed by atoms with Crippen molar-refractivity contribution in [1.29, 1.82) is 0 Å². The van der Waals surface area contributed by atoms with Crippen LogP contribution in [0.25, 0.3) is 11.1 Å². The van der Waals surface area contributed by atoms with Gasteiger partial charge in [-0.15, -0.1) is 0 Å². The maximum absolute atomic E-state index is 13.1. The van der Waals surface area contributed by atoms with Crippen LogP contribution in [0.2, 0.25) is 0 Å². The van der Waals surface area contributed by atoms with Crippen LogP contribution in [0.5, 0.6) is 5.75 Å². The van der Waals surface area contributed by atoms with Crippen molar-refractivity contribution in [3.05, 3.63) is 76.6 Å². The van der Waals surface area contributed by atoms with E-state index in [4.69, 9.17) is 19.2 Å². The maximum atomic E-state index is 13.1. The summed E-state index contributed by atoms with van der Waals surface area (Å²) in [5.74, 6) is 0.0603. The third kappa shape index (κ3) is 8.79. The Balaban J connectivity index is 2.04. The van der Waals surface area contributed by atoms with Crippen molar-refractivity contribution in [2.75, 3.05) is 12.4 Å². The molecule has 218 valence electrons. The van der Waals surface area contributed by atoms with E-state index in [2.05, 4.69) is 24.5 Å². The predicted octanol–water partition coefficient (Wildman–Crippen LogP) is 6.99. The molecule has 0 spiro atoms. The topological polar surface area (TPSA) is 116 Å². The van der Waals surface area contributed by atoms with Crippen LogP contribution in [0.4, 0.5) is 15.3 Å². The van der Waals surface area contributed by atoms with Gasteiger partial charge in [0.15, 0.2) is 0 Å². The highest BCUT2D eigenvalue weighted by atomic mass is 16.6. The smallest absolute Gasteiger partial charge is 0.417 e. The molecule has 0 unspecified atom stereocenters. The highest BCUT2D eigenvalue weighted by Gasteiger charge is 2.24. The van der Waals surface area contributed by atoms with E-state index in [1.807, 2.05) is 38.1 Å². The second-order valence-corrected chi connectivity index (χ2v) is 11.2. The monoisotopic (exact) mass is 561 g/mol. The minimum Gasteiger partial charge on any atom is -0.465 e. The lowest BCUT2D eigenvalue weighted by Crippen LogP contribution is -2.32. The van der Waals surface area contributed by atoms with Gasteiger partial charge < -0.3 is 19.5 Å². The second-order valence-electron chi connectivity index (χ2n) is 11.2. The molecule has 0 aliphatic heterocycles. The van der Waals surface area contributed by atoms with Crippen molar-refractivity contribution < 1.29 is 28.6 Å². The summed E-state index contributed by atoms with van der Waals surface area (Å²) < 4.78 is 15.7. The summed E-state index contributed by atoms with van der Waals surface area (Å²) >= 11 is 0. The maximum Gasteiger partial charge on any atom is 0.417 e. The van der Waals surface area contributed by atoms with Crippen LogP contribution in [0.15, 0.2) is 48.5 Å². The molecule has 2 N–H and O–H groups in total. The molecule has 0 aliphatic rings. The van der Waals surface area contributed by atoms with Gasteiger partial charge in [0.1, 0.15) is 11.4 Å². The fourth-order valence-electron chi connectivity index (χ4n) is 4.23. The Labute approximate surface area is 241 Å². The summed E-state index contributed by atoms with van der Waals surface area (Å²) in [6.45, 7) is 13.6. The molecule has 0 atom stereocenters. The number of rotatable bonds is 8. The van der Waals surface area contributed by atoms with E-state index in [1.165, 1.54) is 31.4 Å². The van der Waals surface area contributed by atoms with E-state index in [1.54, 1.807) is 20.8 Å². The zero-order chi connectivity index (χ0) is 30.3. The number of methoxy groups -OCH3 is 1. The van der Waals surface area contributed by atoms with E-state index in [0.29, 0.717) is 29.3 Å².